The summed E-state index contributed by atoms with van der Waals surface area (Å²) in [5, 5.41) is 3.62. The summed E-state index contributed by atoms with van der Waals surface area (Å²) < 4.78 is 0. The Labute approximate surface area is 124 Å². The first-order valence-electron chi connectivity index (χ1n) is 8.33. The van der Waals surface area contributed by atoms with E-state index in [1.165, 1.54) is 50.0 Å². The molecule has 2 rings (SSSR count). The molecule has 112 valence electrons. The van der Waals surface area contributed by atoms with Crippen molar-refractivity contribution in [2.24, 2.45) is 5.92 Å². The number of benzene rings is 1. The van der Waals surface area contributed by atoms with Crippen molar-refractivity contribution in [2.45, 2.75) is 52.5 Å². The van der Waals surface area contributed by atoms with Gasteiger partial charge in [0.2, 0.25) is 0 Å². The average molecular weight is 274 g/mol. The molecule has 0 saturated carbocycles. The first kappa shape index (κ1) is 15.4. The van der Waals surface area contributed by atoms with Crippen LogP contribution in [-0.4, -0.2) is 19.6 Å². The van der Waals surface area contributed by atoms with Gasteiger partial charge in [0.1, 0.15) is 0 Å². The Kier molecular flexibility index (Phi) is 5.90. The molecule has 2 nitrogen and oxygen atoms in total. The van der Waals surface area contributed by atoms with E-state index in [1.807, 2.05) is 0 Å². The van der Waals surface area contributed by atoms with Crippen molar-refractivity contribution in [1.82, 2.24) is 5.32 Å². The highest BCUT2D eigenvalue weighted by atomic mass is 15.2. The highest BCUT2D eigenvalue weighted by Crippen LogP contribution is 2.31. The Morgan fingerprint density at radius 1 is 1.25 bits per heavy atom. The van der Waals surface area contributed by atoms with Crippen molar-refractivity contribution < 1.29 is 0 Å². The standard InChI is InChI=1S/C18H30N2/c1-4-8-16-11-13-20(14-16)18-10-7-6-9-17(18)15(3)19-12-5-2/h6-7,9-10,15-16,19H,4-5,8,11-14H2,1-3H3. The van der Waals surface area contributed by atoms with Gasteiger partial charge < -0.3 is 10.2 Å². The van der Waals surface area contributed by atoms with Crippen LogP contribution in [0.4, 0.5) is 5.69 Å². The van der Waals surface area contributed by atoms with Gasteiger partial charge in [0, 0.05) is 24.8 Å². The normalized spacial score (nSPS) is 20.4. The molecule has 1 fully saturated rings. The lowest BCUT2D eigenvalue weighted by atomic mass is 10.0. The van der Waals surface area contributed by atoms with Crippen LogP contribution in [0.1, 0.15) is 58.1 Å². The van der Waals surface area contributed by atoms with E-state index in [1.54, 1.807) is 0 Å². The van der Waals surface area contributed by atoms with Gasteiger partial charge in [-0.15, -0.1) is 0 Å². The largest absolute Gasteiger partial charge is 0.371 e. The molecule has 1 N–H and O–H groups in total. The second-order valence-corrected chi connectivity index (χ2v) is 6.12. The number of hydrogen-bond donors (Lipinski definition) is 1. The molecule has 1 aromatic rings. The summed E-state index contributed by atoms with van der Waals surface area (Å²) >= 11 is 0. The third kappa shape index (κ3) is 3.76. The predicted molar refractivity (Wildman–Crippen MR) is 88.4 cm³/mol. The number of anilines is 1. The third-order valence-electron chi connectivity index (χ3n) is 4.43. The zero-order valence-corrected chi connectivity index (χ0v) is 13.4. The predicted octanol–water partition coefficient (Wildman–Crippen LogP) is 4.37. The summed E-state index contributed by atoms with van der Waals surface area (Å²) in [5.41, 5.74) is 2.90. The van der Waals surface area contributed by atoms with Crippen LogP contribution in [0.2, 0.25) is 0 Å². The Morgan fingerprint density at radius 3 is 2.80 bits per heavy atom. The highest BCUT2D eigenvalue weighted by Gasteiger charge is 2.24. The smallest absolute Gasteiger partial charge is 0.0414 e. The summed E-state index contributed by atoms with van der Waals surface area (Å²) in [6.07, 6.45) is 5.24. The van der Waals surface area contributed by atoms with Gasteiger partial charge in [0.25, 0.3) is 0 Å². The van der Waals surface area contributed by atoms with E-state index < -0.39 is 0 Å². The Balaban J connectivity index is 2.08. The van der Waals surface area contributed by atoms with E-state index in [-0.39, 0.29) is 0 Å². The summed E-state index contributed by atoms with van der Waals surface area (Å²) in [5.74, 6) is 0.895. The Morgan fingerprint density at radius 2 is 2.05 bits per heavy atom. The molecule has 0 bridgehead atoms. The molecular weight excluding hydrogens is 244 g/mol. The van der Waals surface area contributed by atoms with Crippen molar-refractivity contribution in [1.29, 1.82) is 0 Å². The first-order valence-corrected chi connectivity index (χ1v) is 8.33. The van der Waals surface area contributed by atoms with E-state index in [9.17, 15) is 0 Å². The molecule has 0 amide bonds. The quantitative estimate of drug-likeness (QED) is 0.794. The number of hydrogen-bond acceptors (Lipinski definition) is 2. The minimum Gasteiger partial charge on any atom is -0.371 e. The summed E-state index contributed by atoms with van der Waals surface area (Å²) in [4.78, 5) is 2.60. The maximum Gasteiger partial charge on any atom is 0.0414 e. The van der Waals surface area contributed by atoms with Crippen LogP contribution in [0.15, 0.2) is 24.3 Å². The van der Waals surface area contributed by atoms with Crippen LogP contribution >= 0.6 is 0 Å². The molecule has 2 atom stereocenters. The van der Waals surface area contributed by atoms with E-state index in [4.69, 9.17) is 0 Å². The van der Waals surface area contributed by atoms with Crippen LogP contribution < -0.4 is 10.2 Å². The van der Waals surface area contributed by atoms with Gasteiger partial charge in [-0.25, -0.2) is 0 Å². The van der Waals surface area contributed by atoms with Crippen LogP contribution in [0.25, 0.3) is 0 Å². The SMILES string of the molecule is CCCNC(C)c1ccccc1N1CCC(CCC)C1. The lowest BCUT2D eigenvalue weighted by Gasteiger charge is -2.25. The lowest BCUT2D eigenvalue weighted by Crippen LogP contribution is -2.25. The number of para-hydroxylation sites is 1. The fourth-order valence-corrected chi connectivity index (χ4v) is 3.31. The van der Waals surface area contributed by atoms with Gasteiger partial charge in [-0.1, -0.05) is 38.5 Å². The molecule has 1 aromatic carbocycles. The molecule has 1 aliphatic heterocycles. The Bertz CT molecular complexity index is 402. The minimum absolute atomic E-state index is 0.441. The van der Waals surface area contributed by atoms with Crippen LogP contribution in [0.3, 0.4) is 0 Å². The molecule has 1 aliphatic rings. The average Bonchev–Trinajstić information content (AvgIpc) is 2.93. The molecule has 0 spiro atoms. The molecule has 2 heteroatoms. The number of nitrogens with zero attached hydrogens (tertiary/aromatic N) is 1. The maximum absolute atomic E-state index is 3.62. The molecule has 2 unspecified atom stereocenters. The molecule has 20 heavy (non-hydrogen) atoms. The molecule has 0 aliphatic carbocycles. The fraction of sp³-hybridized carbons (Fsp3) is 0.667. The minimum atomic E-state index is 0.441. The highest BCUT2D eigenvalue weighted by molar-refractivity contribution is 5.55. The van der Waals surface area contributed by atoms with Crippen LogP contribution in [0, 0.1) is 5.92 Å². The van der Waals surface area contributed by atoms with Crippen molar-refractivity contribution in [3.05, 3.63) is 29.8 Å². The van der Waals surface area contributed by atoms with Gasteiger partial charge in [0.15, 0.2) is 0 Å². The Hall–Kier alpha value is -1.02. The van der Waals surface area contributed by atoms with Crippen molar-refractivity contribution in [3.8, 4) is 0 Å². The van der Waals surface area contributed by atoms with E-state index in [0.29, 0.717) is 6.04 Å². The van der Waals surface area contributed by atoms with Crippen LogP contribution in [-0.2, 0) is 0 Å². The van der Waals surface area contributed by atoms with Crippen LogP contribution in [0.5, 0.6) is 0 Å². The van der Waals surface area contributed by atoms with E-state index in [2.05, 4.69) is 55.3 Å². The first-order chi connectivity index (χ1) is 9.76. The fourth-order valence-electron chi connectivity index (χ4n) is 3.31. The molecular formula is C18H30N2. The van der Waals surface area contributed by atoms with Gasteiger partial charge in [0.05, 0.1) is 0 Å². The second-order valence-electron chi connectivity index (χ2n) is 6.12. The lowest BCUT2D eigenvalue weighted by molar-refractivity contribution is 0.529. The van der Waals surface area contributed by atoms with Crippen molar-refractivity contribution >= 4 is 5.69 Å². The topological polar surface area (TPSA) is 15.3 Å². The molecule has 1 saturated heterocycles. The molecule has 0 aromatic heterocycles. The van der Waals surface area contributed by atoms with Crippen molar-refractivity contribution in [3.63, 3.8) is 0 Å². The van der Waals surface area contributed by atoms with E-state index in [0.717, 1.165) is 12.5 Å². The zero-order chi connectivity index (χ0) is 14.4. The molecule has 1 heterocycles. The molecule has 0 radical (unpaired) electrons. The maximum atomic E-state index is 3.62. The summed E-state index contributed by atoms with van der Waals surface area (Å²) in [6.45, 7) is 10.4. The van der Waals surface area contributed by atoms with Gasteiger partial charge >= 0.3 is 0 Å². The van der Waals surface area contributed by atoms with Gasteiger partial charge in [-0.2, -0.15) is 0 Å². The second kappa shape index (κ2) is 7.68. The number of rotatable bonds is 7. The van der Waals surface area contributed by atoms with Crippen molar-refractivity contribution in [2.75, 3.05) is 24.5 Å². The van der Waals surface area contributed by atoms with Gasteiger partial charge in [-0.05, 0) is 50.3 Å². The zero-order valence-electron chi connectivity index (χ0n) is 13.4. The van der Waals surface area contributed by atoms with Gasteiger partial charge in [-0.3, -0.25) is 0 Å². The summed E-state index contributed by atoms with van der Waals surface area (Å²) in [6, 6.07) is 9.38. The monoisotopic (exact) mass is 274 g/mol. The van der Waals surface area contributed by atoms with E-state index >= 15 is 0 Å². The number of nitrogens with one attached hydrogen (secondary N) is 1. The third-order valence-corrected chi connectivity index (χ3v) is 4.43. The summed E-state index contributed by atoms with van der Waals surface area (Å²) in [7, 11) is 0.